The average molecular weight is 458 g/mol. The summed E-state index contributed by atoms with van der Waals surface area (Å²) in [6.45, 7) is 4.13. The Morgan fingerprint density at radius 1 is 1.17 bits per heavy atom. The number of nitrogens with two attached hydrogens (primary N) is 1. The third-order valence-corrected chi connectivity index (χ3v) is 4.99. The van der Waals surface area contributed by atoms with E-state index in [9.17, 15) is 10.0 Å². The van der Waals surface area contributed by atoms with Gasteiger partial charge in [0.2, 0.25) is 0 Å². The second-order valence-electron chi connectivity index (χ2n) is 6.77. The lowest BCUT2D eigenvalue weighted by atomic mass is 10.1. The van der Waals surface area contributed by atoms with Crippen LogP contribution in [0.4, 0.5) is 5.69 Å². The first-order valence-electron chi connectivity index (χ1n) is 9.98. The van der Waals surface area contributed by atoms with Gasteiger partial charge in [0.15, 0.2) is 5.96 Å². The third-order valence-electron chi connectivity index (χ3n) is 4.39. The molecule has 1 amide bonds. The van der Waals surface area contributed by atoms with Gasteiger partial charge in [-0.05, 0) is 43.5 Å². The van der Waals surface area contributed by atoms with E-state index >= 15 is 0 Å². The van der Waals surface area contributed by atoms with Crippen molar-refractivity contribution < 1.29 is 10.0 Å². The maximum absolute atomic E-state index is 12.3. The van der Waals surface area contributed by atoms with E-state index in [1.807, 2.05) is 0 Å². The first kappa shape index (κ1) is 24.0. The van der Waals surface area contributed by atoms with E-state index in [0.717, 1.165) is 44.9 Å². The van der Waals surface area contributed by atoms with Crippen molar-refractivity contribution in [2.45, 2.75) is 25.7 Å². The summed E-state index contributed by atoms with van der Waals surface area (Å²) in [6.07, 6.45) is 2.55. The molecule has 1 aliphatic heterocycles. The molecule has 2 rings (SSSR count). The first-order valence-corrected chi connectivity index (χ1v) is 10.7. The molecule has 0 bridgehead atoms. The van der Waals surface area contributed by atoms with Crippen molar-refractivity contribution in [2.24, 2.45) is 15.9 Å². The van der Waals surface area contributed by atoms with Gasteiger partial charge < -0.3 is 32.2 Å². The number of nitrogens with zero attached hydrogens (tertiary/aromatic N) is 2. The number of unbranched alkanes of at least 4 members (excludes halogenated alkanes) is 1. The predicted octanol–water partition coefficient (Wildman–Crippen LogP) is 1.57. The second-order valence-corrected chi connectivity index (χ2v) is 7.59. The van der Waals surface area contributed by atoms with Gasteiger partial charge in [-0.1, -0.05) is 28.4 Å². The van der Waals surface area contributed by atoms with Gasteiger partial charge in [-0.2, -0.15) is 0 Å². The highest BCUT2D eigenvalue weighted by Gasteiger charge is 2.15. The monoisotopic (exact) mass is 457 g/mol. The van der Waals surface area contributed by atoms with E-state index in [2.05, 4.69) is 31.4 Å². The molecule has 1 aromatic rings. The van der Waals surface area contributed by atoms with Gasteiger partial charge >= 0.3 is 0 Å². The number of anilines is 1. The highest BCUT2D eigenvalue weighted by atomic mass is 35.5. The molecule has 166 valence electrons. The number of halogens is 2. The summed E-state index contributed by atoms with van der Waals surface area (Å²) in [5, 5.41) is 25.5. The van der Waals surface area contributed by atoms with Crippen LogP contribution in [0.2, 0.25) is 10.0 Å². The molecule has 0 aromatic heterocycles. The fourth-order valence-electron chi connectivity index (χ4n) is 2.84. The van der Waals surface area contributed by atoms with E-state index < -0.39 is 5.91 Å². The number of nitrogens with one attached hydrogen (secondary N) is 4. The highest BCUT2D eigenvalue weighted by molar-refractivity contribution is 6.40. The molecule has 0 saturated heterocycles. The maximum Gasteiger partial charge on any atom is 0.269 e. The number of rotatable bonds is 12. The van der Waals surface area contributed by atoms with Gasteiger partial charge in [-0.25, -0.2) is 0 Å². The molecule has 7 N–H and O–H groups in total. The number of amides is 1. The lowest BCUT2D eigenvalue weighted by molar-refractivity contribution is -0.115. The van der Waals surface area contributed by atoms with Crippen LogP contribution >= 0.6 is 23.2 Å². The van der Waals surface area contributed by atoms with E-state index in [1.165, 1.54) is 0 Å². The highest BCUT2D eigenvalue weighted by Crippen LogP contribution is 2.32. The largest absolute Gasteiger partial charge is 0.410 e. The van der Waals surface area contributed by atoms with Crippen molar-refractivity contribution in [3.8, 4) is 0 Å². The predicted molar refractivity (Wildman–Crippen MR) is 122 cm³/mol. The molecule has 1 aliphatic rings. The summed E-state index contributed by atoms with van der Waals surface area (Å²) in [7, 11) is 0. The Bertz CT molecular complexity index is 748. The van der Waals surface area contributed by atoms with Gasteiger partial charge in [0.1, 0.15) is 5.71 Å². The summed E-state index contributed by atoms with van der Waals surface area (Å²) in [5.74, 6) is 0.399. The number of hydrogen-bond acceptors (Lipinski definition) is 8. The van der Waals surface area contributed by atoms with Gasteiger partial charge in [-0.3, -0.25) is 9.79 Å². The van der Waals surface area contributed by atoms with Crippen LogP contribution in [0.1, 0.15) is 24.8 Å². The van der Waals surface area contributed by atoms with Gasteiger partial charge in [0.05, 0.1) is 22.3 Å². The summed E-state index contributed by atoms with van der Waals surface area (Å²) in [6, 6.07) is 3.39. The van der Waals surface area contributed by atoms with Gasteiger partial charge in [-0.15, -0.1) is 0 Å². The number of hydrogen-bond donors (Lipinski definition) is 6. The van der Waals surface area contributed by atoms with Crippen LogP contribution in [-0.2, 0) is 11.2 Å². The zero-order valence-corrected chi connectivity index (χ0v) is 18.3. The molecule has 0 radical (unpaired) electrons. The molecule has 30 heavy (non-hydrogen) atoms. The first-order chi connectivity index (χ1) is 14.5. The molecule has 0 spiro atoms. The summed E-state index contributed by atoms with van der Waals surface area (Å²) < 4.78 is 0. The van der Waals surface area contributed by atoms with E-state index in [0.29, 0.717) is 40.9 Å². The normalized spacial score (nSPS) is 13.6. The summed E-state index contributed by atoms with van der Waals surface area (Å²) >= 11 is 12.6. The second kappa shape index (κ2) is 13.1. The number of aliphatic imine (C=N–C) groups is 1. The number of oxime groups is 1. The Hall–Kier alpha value is -2.23. The lowest BCUT2D eigenvalue weighted by Crippen LogP contribution is -2.35. The molecule has 0 saturated carbocycles. The fourth-order valence-corrected chi connectivity index (χ4v) is 3.51. The van der Waals surface area contributed by atoms with Crippen molar-refractivity contribution in [2.75, 3.05) is 44.6 Å². The van der Waals surface area contributed by atoms with Crippen molar-refractivity contribution in [3.63, 3.8) is 0 Å². The van der Waals surface area contributed by atoms with Crippen LogP contribution in [0.3, 0.4) is 0 Å². The Balaban J connectivity index is 1.77. The molecule has 1 aromatic carbocycles. The molecular formula is C19H29Cl2N7O2. The molecular weight excluding hydrogens is 429 g/mol. The van der Waals surface area contributed by atoms with Gasteiger partial charge in [0, 0.05) is 32.6 Å². The summed E-state index contributed by atoms with van der Waals surface area (Å²) in [4.78, 5) is 16.5. The fraction of sp³-hybridized carbons (Fsp3) is 0.526. The average Bonchev–Trinajstić information content (AvgIpc) is 3.24. The molecule has 11 heteroatoms. The molecule has 9 nitrogen and oxygen atoms in total. The lowest BCUT2D eigenvalue weighted by Gasteiger charge is -2.13. The number of carbonyl (C=O) groups excluding carboxylic acids is 1. The SMILES string of the molecule is NCCCNc1c(Cl)cc(CC(=NO)C(=O)NCCCCNC2=NCCN2)cc1Cl. The Morgan fingerprint density at radius 2 is 1.87 bits per heavy atom. The summed E-state index contributed by atoms with van der Waals surface area (Å²) in [5.41, 5.74) is 6.77. The van der Waals surface area contributed by atoms with Crippen LogP contribution in [0.25, 0.3) is 0 Å². The van der Waals surface area contributed by atoms with Crippen LogP contribution in [0, 0.1) is 0 Å². The number of guanidine groups is 1. The minimum absolute atomic E-state index is 0.00592. The smallest absolute Gasteiger partial charge is 0.269 e. The van der Waals surface area contributed by atoms with Crippen molar-refractivity contribution in [3.05, 3.63) is 27.7 Å². The molecule has 0 atom stereocenters. The minimum Gasteiger partial charge on any atom is -0.410 e. The van der Waals surface area contributed by atoms with Crippen molar-refractivity contribution in [1.82, 2.24) is 16.0 Å². The van der Waals surface area contributed by atoms with Gasteiger partial charge in [0.25, 0.3) is 5.91 Å². The number of carbonyl (C=O) groups is 1. The van der Waals surface area contributed by atoms with E-state index in [4.69, 9.17) is 28.9 Å². The third kappa shape index (κ3) is 7.89. The topological polar surface area (TPSA) is 136 Å². The minimum atomic E-state index is -0.426. The Morgan fingerprint density at radius 3 is 2.50 bits per heavy atom. The van der Waals surface area contributed by atoms with Crippen LogP contribution in [-0.4, -0.2) is 62.1 Å². The molecule has 0 aliphatic carbocycles. The van der Waals surface area contributed by atoms with Crippen LogP contribution in [0.5, 0.6) is 0 Å². The molecule has 0 unspecified atom stereocenters. The van der Waals surface area contributed by atoms with E-state index in [1.54, 1.807) is 12.1 Å². The molecule has 1 heterocycles. The quantitative estimate of drug-likeness (QED) is 0.122. The maximum atomic E-state index is 12.3. The van der Waals surface area contributed by atoms with Crippen molar-refractivity contribution in [1.29, 1.82) is 0 Å². The Kier molecular flexibility index (Phi) is 10.5. The number of benzene rings is 1. The zero-order chi connectivity index (χ0) is 21.8. The van der Waals surface area contributed by atoms with Crippen molar-refractivity contribution >= 4 is 46.5 Å². The molecule has 0 fully saturated rings. The Labute approximate surface area is 186 Å². The standard InChI is InChI=1S/C19H29Cl2N7O2/c20-14-10-13(11-15(21)17(14)23-7-3-4-22)12-16(28-30)18(29)24-5-1-2-6-25-19-26-8-9-27-19/h10-11,23,30H,1-9,12,22H2,(H,24,29)(H2,25,26,27). The van der Waals surface area contributed by atoms with Crippen LogP contribution in [0.15, 0.2) is 22.3 Å². The van der Waals surface area contributed by atoms with E-state index in [-0.39, 0.29) is 12.1 Å². The zero-order valence-electron chi connectivity index (χ0n) is 16.8. The van der Waals surface area contributed by atoms with Crippen LogP contribution < -0.4 is 27.0 Å².